The molecule has 0 fully saturated rings. The smallest absolute Gasteiger partial charge is 0.457 e. The molecule has 0 aliphatic heterocycles. The first-order valence-corrected chi connectivity index (χ1v) is 27.4. The van der Waals surface area contributed by atoms with Gasteiger partial charge in [-0.3, -0.25) is 13.8 Å². The number of allylic oxidation sites excluding steroid dienone is 12. The number of phosphoric acid groups is 1. The summed E-state index contributed by atoms with van der Waals surface area (Å²) >= 11 is 0. The second kappa shape index (κ2) is 50.3. The highest BCUT2D eigenvalue weighted by atomic mass is 31.2. The molecule has 10 heteroatoms. The molecule has 3 atom stereocenters. The third kappa shape index (κ3) is 49.3. The number of aliphatic hydroxyl groups excluding tert-OH is 2. The molecule has 0 bridgehead atoms. The van der Waals surface area contributed by atoms with Crippen LogP contribution in [0.2, 0.25) is 0 Å². The standard InChI is InChI=1S/C54H97O9P/c1-3-5-7-9-11-13-15-17-19-21-23-25-27-29-31-33-35-37-39-41-43-45-47-60-50-53(51-62-64(58,59)61-49-52(56)48-55)63-54(57)46-44-42-40-38-36-34-32-30-28-26-24-22-20-18-16-14-12-10-8-6-4-2/h15-18,21-24,27-30,52-53,55-56H,3-14,19-20,25-26,31-51H2,1-2H3,(H,58,59)/b17-15-,18-16-,23-21-,24-22-,29-27-,30-28-. The van der Waals surface area contributed by atoms with Crippen LogP contribution in [0.25, 0.3) is 0 Å². The molecule has 0 saturated carbocycles. The summed E-state index contributed by atoms with van der Waals surface area (Å²) in [4.78, 5) is 22.7. The Kier molecular flexibility index (Phi) is 48.7. The summed E-state index contributed by atoms with van der Waals surface area (Å²) < 4.78 is 33.5. The lowest BCUT2D eigenvalue weighted by molar-refractivity contribution is -0.154. The van der Waals surface area contributed by atoms with E-state index in [1.807, 2.05) is 0 Å². The molecule has 9 nitrogen and oxygen atoms in total. The highest BCUT2D eigenvalue weighted by Gasteiger charge is 2.26. The summed E-state index contributed by atoms with van der Waals surface area (Å²) in [5, 5.41) is 18.4. The van der Waals surface area contributed by atoms with Crippen LogP contribution in [-0.2, 0) is 27.9 Å². The Labute approximate surface area is 392 Å². The SMILES string of the molecule is CCCCCCC/C=C\C/C=C\C/C=C\CCCCCCCCCOCC(COP(=O)(O)OCC(O)CO)OC(=O)CCCCCCCC/C=C\C/C=C\C/C=C\CCCCCCC. The number of ether oxygens (including phenoxy) is 2. The summed E-state index contributed by atoms with van der Waals surface area (Å²) in [5.41, 5.74) is 0. The fourth-order valence-corrected chi connectivity index (χ4v) is 7.69. The van der Waals surface area contributed by atoms with E-state index >= 15 is 0 Å². The van der Waals surface area contributed by atoms with Crippen molar-refractivity contribution in [2.24, 2.45) is 0 Å². The second-order valence-electron chi connectivity index (χ2n) is 17.2. The van der Waals surface area contributed by atoms with E-state index < -0.39 is 39.2 Å². The number of phosphoric ester groups is 1. The summed E-state index contributed by atoms with van der Waals surface area (Å²) in [7, 11) is -4.54. The van der Waals surface area contributed by atoms with Crippen LogP contribution in [0.3, 0.4) is 0 Å². The van der Waals surface area contributed by atoms with Crippen molar-refractivity contribution in [3.8, 4) is 0 Å². The van der Waals surface area contributed by atoms with Gasteiger partial charge in [0.25, 0.3) is 0 Å². The Morgan fingerprint density at radius 1 is 0.484 bits per heavy atom. The monoisotopic (exact) mass is 921 g/mol. The number of hydrogen-bond donors (Lipinski definition) is 3. The first-order valence-electron chi connectivity index (χ1n) is 25.9. The van der Waals surface area contributed by atoms with Crippen LogP contribution in [0.1, 0.15) is 219 Å². The van der Waals surface area contributed by atoms with Crippen molar-refractivity contribution in [1.82, 2.24) is 0 Å². The molecule has 372 valence electrons. The normalized spacial score (nSPS) is 14.4. The zero-order valence-electron chi connectivity index (χ0n) is 41.0. The maximum atomic E-state index is 12.7. The van der Waals surface area contributed by atoms with Crippen LogP contribution in [0.4, 0.5) is 0 Å². The van der Waals surface area contributed by atoms with Gasteiger partial charge in [-0.1, -0.05) is 196 Å². The van der Waals surface area contributed by atoms with Crippen LogP contribution >= 0.6 is 7.82 Å². The first-order chi connectivity index (χ1) is 31.3. The van der Waals surface area contributed by atoms with E-state index in [1.165, 1.54) is 103 Å². The van der Waals surface area contributed by atoms with E-state index in [0.717, 1.165) is 89.9 Å². The van der Waals surface area contributed by atoms with Gasteiger partial charge in [0.05, 0.1) is 26.4 Å². The molecule has 0 spiro atoms. The van der Waals surface area contributed by atoms with Crippen LogP contribution in [0.15, 0.2) is 72.9 Å². The average molecular weight is 921 g/mol. The minimum atomic E-state index is -4.54. The molecule has 0 rings (SSSR count). The Bertz CT molecular complexity index is 1230. The Hall–Kier alpha value is -2.10. The average Bonchev–Trinajstić information content (AvgIpc) is 3.29. The number of carbonyl (C=O) groups is 1. The van der Waals surface area contributed by atoms with Crippen LogP contribution in [-0.4, -0.2) is 66.3 Å². The van der Waals surface area contributed by atoms with Gasteiger partial charge < -0.3 is 24.6 Å². The van der Waals surface area contributed by atoms with Crippen molar-refractivity contribution in [2.45, 2.75) is 232 Å². The zero-order valence-corrected chi connectivity index (χ0v) is 41.9. The highest BCUT2D eigenvalue weighted by Crippen LogP contribution is 2.43. The van der Waals surface area contributed by atoms with Gasteiger partial charge in [-0.05, 0) is 89.9 Å². The Morgan fingerprint density at radius 2 is 0.844 bits per heavy atom. The Balaban J connectivity index is 4.15. The van der Waals surface area contributed by atoms with Crippen molar-refractivity contribution < 1.29 is 43.0 Å². The van der Waals surface area contributed by atoms with Gasteiger partial charge >= 0.3 is 13.8 Å². The molecular formula is C54H97O9P. The summed E-state index contributed by atoms with van der Waals surface area (Å²) in [5.74, 6) is -0.399. The molecule has 0 aliphatic carbocycles. The van der Waals surface area contributed by atoms with Gasteiger partial charge in [0, 0.05) is 13.0 Å². The largest absolute Gasteiger partial charge is 0.472 e. The van der Waals surface area contributed by atoms with E-state index in [9.17, 15) is 19.4 Å². The maximum Gasteiger partial charge on any atom is 0.472 e. The molecule has 0 aromatic carbocycles. The fourth-order valence-electron chi connectivity index (χ4n) is 6.90. The number of esters is 1. The van der Waals surface area contributed by atoms with E-state index in [0.29, 0.717) is 13.0 Å². The lowest BCUT2D eigenvalue weighted by Gasteiger charge is -2.20. The molecule has 3 unspecified atom stereocenters. The summed E-state index contributed by atoms with van der Waals surface area (Å²) in [6, 6.07) is 0. The van der Waals surface area contributed by atoms with Crippen LogP contribution < -0.4 is 0 Å². The minimum absolute atomic E-state index is 0.0337. The van der Waals surface area contributed by atoms with Gasteiger partial charge in [-0.2, -0.15) is 0 Å². The lowest BCUT2D eigenvalue weighted by atomic mass is 10.1. The Morgan fingerprint density at radius 3 is 1.27 bits per heavy atom. The summed E-state index contributed by atoms with van der Waals surface area (Å²) in [6.07, 6.45) is 61.5. The van der Waals surface area contributed by atoms with Gasteiger partial charge in [0.2, 0.25) is 0 Å². The van der Waals surface area contributed by atoms with Crippen molar-refractivity contribution in [3.05, 3.63) is 72.9 Å². The number of unbranched alkanes of at least 4 members (excludes halogenated alkanes) is 23. The second-order valence-corrected chi connectivity index (χ2v) is 18.6. The molecule has 0 saturated heterocycles. The van der Waals surface area contributed by atoms with Gasteiger partial charge in [0.15, 0.2) is 0 Å². The number of aliphatic hydroxyl groups is 2. The van der Waals surface area contributed by atoms with Crippen LogP contribution in [0, 0.1) is 0 Å². The molecule has 0 amide bonds. The van der Waals surface area contributed by atoms with Crippen molar-refractivity contribution in [3.63, 3.8) is 0 Å². The number of rotatable bonds is 49. The molecule has 0 heterocycles. The maximum absolute atomic E-state index is 12.7. The number of carbonyl (C=O) groups excluding carboxylic acids is 1. The lowest BCUT2D eigenvalue weighted by Crippen LogP contribution is -2.29. The molecule has 64 heavy (non-hydrogen) atoms. The molecule has 0 radical (unpaired) electrons. The van der Waals surface area contributed by atoms with E-state index in [1.54, 1.807) is 0 Å². The highest BCUT2D eigenvalue weighted by molar-refractivity contribution is 7.47. The molecular weight excluding hydrogens is 824 g/mol. The fraction of sp³-hybridized carbons (Fsp3) is 0.759. The number of hydrogen-bond acceptors (Lipinski definition) is 8. The van der Waals surface area contributed by atoms with Crippen molar-refractivity contribution in [2.75, 3.05) is 33.0 Å². The van der Waals surface area contributed by atoms with E-state index in [2.05, 4.69) is 86.8 Å². The van der Waals surface area contributed by atoms with Gasteiger partial charge in [0.1, 0.15) is 12.2 Å². The third-order valence-corrected chi connectivity index (χ3v) is 11.8. The topological polar surface area (TPSA) is 132 Å². The van der Waals surface area contributed by atoms with E-state index in [-0.39, 0.29) is 19.6 Å². The van der Waals surface area contributed by atoms with Gasteiger partial charge in [-0.25, -0.2) is 4.57 Å². The van der Waals surface area contributed by atoms with Crippen molar-refractivity contribution in [1.29, 1.82) is 0 Å². The van der Waals surface area contributed by atoms with Gasteiger partial charge in [-0.15, -0.1) is 0 Å². The summed E-state index contributed by atoms with van der Waals surface area (Å²) in [6.45, 7) is 3.46. The first kappa shape index (κ1) is 61.9. The predicted octanol–water partition coefficient (Wildman–Crippen LogP) is 15.3. The van der Waals surface area contributed by atoms with Crippen LogP contribution in [0.5, 0.6) is 0 Å². The zero-order chi connectivity index (χ0) is 46.7. The molecule has 0 aromatic heterocycles. The molecule has 0 aliphatic rings. The predicted molar refractivity (Wildman–Crippen MR) is 269 cm³/mol. The minimum Gasteiger partial charge on any atom is -0.457 e. The van der Waals surface area contributed by atoms with Crippen molar-refractivity contribution >= 4 is 13.8 Å². The van der Waals surface area contributed by atoms with E-state index in [4.69, 9.17) is 23.6 Å². The molecule has 3 N–H and O–H groups in total. The molecule has 0 aromatic rings. The third-order valence-electron chi connectivity index (χ3n) is 10.9. The quantitative estimate of drug-likeness (QED) is 0.0236.